The van der Waals surface area contributed by atoms with Crippen molar-refractivity contribution in [3.05, 3.63) is 35.2 Å². The second kappa shape index (κ2) is 5.40. The summed E-state index contributed by atoms with van der Waals surface area (Å²) in [6.07, 6.45) is 0. The third kappa shape index (κ3) is 2.93. The van der Waals surface area contributed by atoms with Crippen molar-refractivity contribution >= 4 is 17.6 Å². The zero-order valence-corrected chi connectivity index (χ0v) is 11.3. The Kier molecular flexibility index (Phi) is 3.85. The topological polar surface area (TPSA) is 76.2 Å². The van der Waals surface area contributed by atoms with E-state index in [1.165, 1.54) is 0 Å². The molecule has 1 aromatic heterocycles. The second-order valence-electron chi connectivity index (χ2n) is 4.38. The van der Waals surface area contributed by atoms with Crippen molar-refractivity contribution in [3.8, 4) is 11.4 Å². The van der Waals surface area contributed by atoms with Gasteiger partial charge in [-0.2, -0.15) is 4.98 Å². The Balaban J connectivity index is 2.24. The van der Waals surface area contributed by atoms with Gasteiger partial charge in [-0.1, -0.05) is 30.6 Å². The van der Waals surface area contributed by atoms with Crippen LogP contribution >= 0.6 is 11.6 Å². The van der Waals surface area contributed by atoms with Gasteiger partial charge >= 0.3 is 5.97 Å². The quantitative estimate of drug-likeness (QED) is 0.930. The molecule has 2 rings (SSSR count). The number of hydrogen-bond donors (Lipinski definition) is 1. The Morgan fingerprint density at radius 3 is 2.53 bits per heavy atom. The molecule has 0 aliphatic carbocycles. The Morgan fingerprint density at radius 1 is 1.32 bits per heavy atom. The van der Waals surface area contributed by atoms with Gasteiger partial charge in [-0.3, -0.25) is 4.79 Å². The zero-order valence-electron chi connectivity index (χ0n) is 10.5. The number of hydrogen-bond acceptors (Lipinski definition) is 4. The fraction of sp³-hybridized carbons (Fsp3) is 0.308. The van der Waals surface area contributed by atoms with Crippen molar-refractivity contribution in [1.82, 2.24) is 10.1 Å². The van der Waals surface area contributed by atoms with E-state index >= 15 is 0 Å². The van der Waals surface area contributed by atoms with Gasteiger partial charge < -0.3 is 9.63 Å². The van der Waals surface area contributed by atoms with E-state index in [0.717, 1.165) is 5.56 Å². The minimum absolute atomic E-state index is 0.319. The molecule has 6 heteroatoms. The lowest BCUT2D eigenvalue weighted by atomic mass is 9.96. The molecule has 0 radical (unpaired) electrons. The van der Waals surface area contributed by atoms with E-state index in [1.54, 1.807) is 38.1 Å². The third-order valence-electron chi connectivity index (χ3n) is 3.07. The molecule has 0 bridgehead atoms. The Bertz CT molecular complexity index is 580. The molecule has 2 aromatic rings. The highest BCUT2D eigenvalue weighted by atomic mass is 35.5. The number of aromatic nitrogens is 2. The van der Waals surface area contributed by atoms with Crippen molar-refractivity contribution < 1.29 is 14.4 Å². The van der Waals surface area contributed by atoms with Gasteiger partial charge in [0.15, 0.2) is 0 Å². The monoisotopic (exact) mass is 280 g/mol. The minimum atomic E-state index is -0.890. The van der Waals surface area contributed by atoms with E-state index in [1.807, 2.05) is 0 Å². The van der Waals surface area contributed by atoms with Crippen LogP contribution in [0.5, 0.6) is 0 Å². The predicted molar refractivity (Wildman–Crippen MR) is 70.0 cm³/mol. The molecule has 0 saturated heterocycles. The van der Waals surface area contributed by atoms with Crippen LogP contribution < -0.4 is 0 Å². The fourth-order valence-electron chi connectivity index (χ4n) is 1.56. The Hall–Kier alpha value is -1.88. The summed E-state index contributed by atoms with van der Waals surface area (Å²) in [6, 6.07) is 7.02. The molecule has 5 nitrogen and oxygen atoms in total. The highest BCUT2D eigenvalue weighted by Gasteiger charge is 2.26. The summed E-state index contributed by atoms with van der Waals surface area (Å²) < 4.78 is 5.12. The summed E-state index contributed by atoms with van der Waals surface area (Å²) in [4.78, 5) is 15.2. The van der Waals surface area contributed by atoms with Crippen LogP contribution in [0.25, 0.3) is 11.4 Å². The van der Waals surface area contributed by atoms with Gasteiger partial charge in [0.1, 0.15) is 0 Å². The Morgan fingerprint density at radius 2 is 1.95 bits per heavy atom. The first kappa shape index (κ1) is 13.5. The minimum Gasteiger partial charge on any atom is -0.481 e. The van der Waals surface area contributed by atoms with Crippen LogP contribution in [0.15, 0.2) is 28.8 Å². The maximum atomic E-state index is 10.9. The first-order valence-electron chi connectivity index (χ1n) is 5.81. The molecular weight excluding hydrogens is 268 g/mol. The van der Waals surface area contributed by atoms with Crippen molar-refractivity contribution in [2.75, 3.05) is 0 Å². The number of carboxylic acids is 1. The van der Waals surface area contributed by atoms with Crippen LogP contribution in [0.4, 0.5) is 0 Å². The number of benzene rings is 1. The maximum absolute atomic E-state index is 10.9. The molecule has 1 aromatic carbocycles. The summed E-state index contributed by atoms with van der Waals surface area (Å²) in [6.45, 7) is 3.36. The van der Waals surface area contributed by atoms with Crippen LogP contribution in [0.1, 0.15) is 25.7 Å². The van der Waals surface area contributed by atoms with Gasteiger partial charge in [-0.05, 0) is 24.3 Å². The van der Waals surface area contributed by atoms with E-state index in [0.29, 0.717) is 16.7 Å². The third-order valence-corrected chi connectivity index (χ3v) is 3.33. The van der Waals surface area contributed by atoms with Crippen molar-refractivity contribution in [3.63, 3.8) is 0 Å². The molecule has 0 amide bonds. The lowest BCUT2D eigenvalue weighted by Crippen LogP contribution is -2.16. The predicted octanol–water partition coefficient (Wildman–Crippen LogP) is 3.21. The summed E-state index contributed by atoms with van der Waals surface area (Å²) in [5, 5.41) is 13.4. The average Bonchev–Trinajstić information content (AvgIpc) is 2.87. The molecule has 0 aliphatic heterocycles. The first-order chi connectivity index (χ1) is 8.99. The maximum Gasteiger partial charge on any atom is 0.307 e. The van der Waals surface area contributed by atoms with Gasteiger partial charge in [0.25, 0.3) is 0 Å². The van der Waals surface area contributed by atoms with Crippen LogP contribution in [-0.2, 0) is 4.79 Å². The smallest absolute Gasteiger partial charge is 0.307 e. The van der Waals surface area contributed by atoms with E-state index in [2.05, 4.69) is 10.1 Å². The molecule has 1 N–H and O–H groups in total. The van der Waals surface area contributed by atoms with Gasteiger partial charge in [0, 0.05) is 16.5 Å². The van der Waals surface area contributed by atoms with Gasteiger partial charge in [-0.15, -0.1) is 0 Å². The van der Waals surface area contributed by atoms with E-state index in [4.69, 9.17) is 21.2 Å². The van der Waals surface area contributed by atoms with Crippen LogP contribution in [-0.4, -0.2) is 21.2 Å². The lowest BCUT2D eigenvalue weighted by molar-refractivity contribution is -0.141. The van der Waals surface area contributed by atoms with Gasteiger partial charge in [0.2, 0.25) is 11.7 Å². The molecule has 19 heavy (non-hydrogen) atoms. The zero-order chi connectivity index (χ0) is 14.0. The molecule has 100 valence electrons. The molecular formula is C13H13ClN2O3. The van der Waals surface area contributed by atoms with Crippen LogP contribution in [0, 0.1) is 5.92 Å². The second-order valence-corrected chi connectivity index (χ2v) is 4.82. The van der Waals surface area contributed by atoms with Crippen molar-refractivity contribution in [2.45, 2.75) is 19.8 Å². The van der Waals surface area contributed by atoms with Crippen molar-refractivity contribution in [2.24, 2.45) is 5.92 Å². The highest BCUT2D eigenvalue weighted by Crippen LogP contribution is 2.25. The number of nitrogens with zero attached hydrogens (tertiary/aromatic N) is 2. The number of rotatable bonds is 4. The average molecular weight is 281 g/mol. The number of carbonyl (C=O) groups is 1. The largest absolute Gasteiger partial charge is 0.481 e. The van der Waals surface area contributed by atoms with Crippen LogP contribution in [0.3, 0.4) is 0 Å². The SMILES string of the molecule is CC(C(=O)O)C(C)c1nc(-c2ccc(Cl)cc2)no1. The highest BCUT2D eigenvalue weighted by molar-refractivity contribution is 6.30. The standard InChI is InChI=1S/C13H13ClN2O3/c1-7(8(2)13(17)18)12-15-11(16-19-12)9-3-5-10(14)6-4-9/h3-8H,1-2H3,(H,17,18). The summed E-state index contributed by atoms with van der Waals surface area (Å²) in [7, 11) is 0. The number of aliphatic carboxylic acids is 1. The lowest BCUT2D eigenvalue weighted by Gasteiger charge is -2.10. The molecule has 1 heterocycles. The molecule has 0 spiro atoms. The van der Waals surface area contributed by atoms with E-state index in [-0.39, 0.29) is 5.92 Å². The molecule has 0 fully saturated rings. The van der Waals surface area contributed by atoms with Crippen LogP contribution in [0.2, 0.25) is 5.02 Å². The summed E-state index contributed by atoms with van der Waals surface area (Å²) in [5.41, 5.74) is 0.773. The van der Waals surface area contributed by atoms with Crippen molar-refractivity contribution in [1.29, 1.82) is 0 Å². The van der Waals surface area contributed by atoms with E-state index < -0.39 is 11.9 Å². The molecule has 0 saturated carbocycles. The molecule has 2 atom stereocenters. The number of carboxylic acid groups (broad SMARTS) is 1. The molecule has 0 aliphatic rings. The number of halogens is 1. The first-order valence-corrected chi connectivity index (χ1v) is 6.19. The fourth-order valence-corrected chi connectivity index (χ4v) is 1.69. The Labute approximate surface area is 115 Å². The van der Waals surface area contributed by atoms with E-state index in [9.17, 15) is 4.79 Å². The van der Waals surface area contributed by atoms with Gasteiger partial charge in [0.05, 0.1) is 5.92 Å². The summed E-state index contributed by atoms with van der Waals surface area (Å²) in [5.74, 6) is -1.07. The summed E-state index contributed by atoms with van der Waals surface area (Å²) >= 11 is 5.80. The van der Waals surface area contributed by atoms with Gasteiger partial charge in [-0.25, -0.2) is 0 Å². The molecule has 2 unspecified atom stereocenters. The normalized spacial score (nSPS) is 14.1.